The van der Waals surface area contributed by atoms with Crippen LogP contribution in [0.1, 0.15) is 35.3 Å². The molecule has 1 aliphatic rings. The van der Waals surface area contributed by atoms with E-state index in [0.717, 1.165) is 28.6 Å². The molecule has 0 spiro atoms. The molecular formula is C18H18ClN3OS. The van der Waals surface area contributed by atoms with Crippen molar-refractivity contribution < 1.29 is 5.11 Å². The highest BCUT2D eigenvalue weighted by Gasteiger charge is 2.20. The lowest BCUT2D eigenvalue weighted by Crippen LogP contribution is -1.98. The van der Waals surface area contributed by atoms with Crippen LogP contribution in [0.15, 0.2) is 18.2 Å². The molecule has 24 heavy (non-hydrogen) atoms. The molecule has 0 amide bonds. The van der Waals surface area contributed by atoms with Gasteiger partial charge in [0, 0.05) is 4.88 Å². The summed E-state index contributed by atoms with van der Waals surface area (Å²) in [5.74, 6) is 0.884. The van der Waals surface area contributed by atoms with Gasteiger partial charge in [0.15, 0.2) is 0 Å². The monoisotopic (exact) mass is 359 g/mol. The van der Waals surface area contributed by atoms with E-state index in [1.54, 1.807) is 17.4 Å². The summed E-state index contributed by atoms with van der Waals surface area (Å²) in [7, 11) is 0. The summed E-state index contributed by atoms with van der Waals surface area (Å²) in [5, 5.41) is 14.7. The standard InChI is InChI=1S/C18H18ClN3OS/c1-10-7-8-13(23)12(9-10)20-16-15-11-5-3-2-4-6-14(11)24-17(15)22-18(19)21-16/h7-9,23H,2-6H2,1H3,(H,20,21,22). The lowest BCUT2D eigenvalue weighted by Gasteiger charge is -2.11. The number of halogens is 1. The molecule has 1 aromatic carbocycles. The predicted octanol–water partition coefficient (Wildman–Crippen LogP) is 5.37. The van der Waals surface area contributed by atoms with Crippen LogP contribution in [0, 0.1) is 6.92 Å². The fourth-order valence-corrected chi connectivity index (χ4v) is 4.76. The van der Waals surface area contributed by atoms with E-state index in [-0.39, 0.29) is 11.0 Å². The van der Waals surface area contributed by atoms with E-state index in [9.17, 15) is 5.11 Å². The van der Waals surface area contributed by atoms with Gasteiger partial charge in [-0.2, -0.15) is 4.98 Å². The molecule has 4 rings (SSSR count). The quantitative estimate of drug-likeness (QED) is 0.367. The molecule has 2 heterocycles. The number of rotatable bonds is 2. The molecule has 0 saturated heterocycles. The number of phenols is 1. The van der Waals surface area contributed by atoms with E-state index in [1.807, 2.05) is 19.1 Å². The third-order valence-corrected chi connectivity index (χ3v) is 5.80. The van der Waals surface area contributed by atoms with Crippen molar-refractivity contribution in [3.8, 4) is 5.75 Å². The second-order valence-electron chi connectivity index (χ2n) is 6.23. The highest BCUT2D eigenvalue weighted by Crippen LogP contribution is 2.40. The third kappa shape index (κ3) is 2.82. The molecule has 2 aromatic heterocycles. The Kier molecular flexibility index (Phi) is 4.06. The van der Waals surface area contributed by atoms with Crippen LogP contribution < -0.4 is 5.32 Å². The van der Waals surface area contributed by atoms with Gasteiger partial charge < -0.3 is 10.4 Å². The van der Waals surface area contributed by atoms with Crippen molar-refractivity contribution in [2.75, 3.05) is 5.32 Å². The Labute approximate surface area is 149 Å². The molecule has 0 unspecified atom stereocenters. The van der Waals surface area contributed by atoms with Crippen LogP contribution in [0.2, 0.25) is 5.28 Å². The van der Waals surface area contributed by atoms with Crippen LogP contribution in [0.4, 0.5) is 11.5 Å². The number of aromatic hydroxyl groups is 1. The van der Waals surface area contributed by atoms with Crippen LogP contribution in [0.25, 0.3) is 10.2 Å². The van der Waals surface area contributed by atoms with Crippen molar-refractivity contribution >= 4 is 44.7 Å². The molecule has 1 aliphatic carbocycles. The molecule has 0 atom stereocenters. The average Bonchev–Trinajstić information content (AvgIpc) is 2.72. The molecule has 0 saturated carbocycles. The van der Waals surface area contributed by atoms with Crippen molar-refractivity contribution in [2.24, 2.45) is 0 Å². The van der Waals surface area contributed by atoms with Gasteiger partial charge in [-0.05, 0) is 67.5 Å². The number of aryl methyl sites for hydroxylation is 3. The van der Waals surface area contributed by atoms with Crippen LogP contribution in [0.3, 0.4) is 0 Å². The van der Waals surface area contributed by atoms with Gasteiger partial charge in [-0.15, -0.1) is 11.3 Å². The number of hydrogen-bond acceptors (Lipinski definition) is 5. The number of phenolic OH excluding ortho intramolecular Hbond substituents is 1. The maximum Gasteiger partial charge on any atom is 0.225 e. The lowest BCUT2D eigenvalue weighted by molar-refractivity contribution is 0.477. The molecule has 0 aliphatic heterocycles. The van der Waals surface area contributed by atoms with Gasteiger partial charge in [-0.3, -0.25) is 0 Å². The molecule has 124 valence electrons. The first-order valence-corrected chi connectivity index (χ1v) is 9.35. The molecule has 4 nitrogen and oxygen atoms in total. The van der Waals surface area contributed by atoms with Gasteiger partial charge in [0.1, 0.15) is 16.4 Å². The number of aromatic nitrogens is 2. The third-order valence-electron chi connectivity index (χ3n) is 4.44. The van der Waals surface area contributed by atoms with Crippen LogP contribution in [-0.2, 0) is 12.8 Å². The van der Waals surface area contributed by atoms with Crippen LogP contribution >= 0.6 is 22.9 Å². The Balaban J connectivity index is 1.87. The number of nitrogens with zero attached hydrogens (tertiary/aromatic N) is 2. The van der Waals surface area contributed by atoms with Crippen molar-refractivity contribution in [2.45, 2.75) is 39.0 Å². The summed E-state index contributed by atoms with van der Waals surface area (Å²) in [5.41, 5.74) is 3.05. The van der Waals surface area contributed by atoms with E-state index in [4.69, 9.17) is 11.6 Å². The Bertz CT molecular complexity index is 922. The highest BCUT2D eigenvalue weighted by atomic mass is 35.5. The minimum Gasteiger partial charge on any atom is -0.506 e. The molecule has 2 N–H and O–H groups in total. The largest absolute Gasteiger partial charge is 0.506 e. The van der Waals surface area contributed by atoms with E-state index in [0.29, 0.717) is 11.5 Å². The zero-order valence-electron chi connectivity index (χ0n) is 13.4. The van der Waals surface area contributed by atoms with Gasteiger partial charge in [-0.25, -0.2) is 4.98 Å². The molecule has 0 radical (unpaired) electrons. The summed E-state index contributed by atoms with van der Waals surface area (Å²) in [6.45, 7) is 1.99. The summed E-state index contributed by atoms with van der Waals surface area (Å²) >= 11 is 7.86. The van der Waals surface area contributed by atoms with Crippen molar-refractivity contribution in [1.82, 2.24) is 9.97 Å². The number of anilines is 2. The van der Waals surface area contributed by atoms with E-state index in [2.05, 4.69) is 15.3 Å². The number of fused-ring (bicyclic) bond motifs is 3. The van der Waals surface area contributed by atoms with Crippen molar-refractivity contribution in [1.29, 1.82) is 0 Å². The fourth-order valence-electron chi connectivity index (χ4n) is 3.28. The molecule has 0 fully saturated rings. The van der Waals surface area contributed by atoms with Gasteiger partial charge in [0.25, 0.3) is 0 Å². The smallest absolute Gasteiger partial charge is 0.225 e. The Morgan fingerprint density at radius 3 is 2.88 bits per heavy atom. The number of hydrogen-bond donors (Lipinski definition) is 2. The van der Waals surface area contributed by atoms with Crippen molar-refractivity contribution in [3.63, 3.8) is 0 Å². The van der Waals surface area contributed by atoms with Gasteiger partial charge in [0.05, 0.1) is 11.1 Å². The Hall–Kier alpha value is -1.85. The average molecular weight is 360 g/mol. The summed E-state index contributed by atoms with van der Waals surface area (Å²) in [6.07, 6.45) is 5.83. The molecule has 3 aromatic rings. The van der Waals surface area contributed by atoms with E-state index < -0.39 is 0 Å². The minimum atomic E-state index is 0.199. The Morgan fingerprint density at radius 2 is 2.00 bits per heavy atom. The minimum absolute atomic E-state index is 0.199. The molecule has 0 bridgehead atoms. The zero-order chi connectivity index (χ0) is 16.7. The highest BCUT2D eigenvalue weighted by molar-refractivity contribution is 7.19. The van der Waals surface area contributed by atoms with Crippen molar-refractivity contribution in [3.05, 3.63) is 39.5 Å². The zero-order valence-corrected chi connectivity index (χ0v) is 15.0. The first-order chi connectivity index (χ1) is 11.6. The molecular weight excluding hydrogens is 342 g/mol. The predicted molar refractivity (Wildman–Crippen MR) is 99.8 cm³/mol. The van der Waals surface area contributed by atoms with E-state index >= 15 is 0 Å². The number of thiophene rings is 1. The first-order valence-electron chi connectivity index (χ1n) is 8.16. The summed E-state index contributed by atoms with van der Waals surface area (Å²) < 4.78 is 0. The normalized spacial score (nSPS) is 14.4. The van der Waals surface area contributed by atoms with Crippen LogP contribution in [0.5, 0.6) is 5.75 Å². The number of benzene rings is 1. The molecule has 6 heteroatoms. The van der Waals surface area contributed by atoms with E-state index in [1.165, 1.54) is 29.7 Å². The SMILES string of the molecule is Cc1ccc(O)c(Nc2nc(Cl)nc3sc4c(c23)CCCCC4)c1. The fraction of sp³-hybridized carbons (Fsp3) is 0.333. The van der Waals surface area contributed by atoms with Gasteiger partial charge in [0.2, 0.25) is 5.28 Å². The van der Waals surface area contributed by atoms with Gasteiger partial charge >= 0.3 is 0 Å². The van der Waals surface area contributed by atoms with Gasteiger partial charge in [-0.1, -0.05) is 12.5 Å². The summed E-state index contributed by atoms with van der Waals surface area (Å²) in [6, 6.07) is 5.47. The topological polar surface area (TPSA) is 58.0 Å². The Morgan fingerprint density at radius 1 is 1.17 bits per heavy atom. The maximum atomic E-state index is 10.1. The second-order valence-corrected chi connectivity index (χ2v) is 7.65. The number of nitrogens with one attached hydrogen (secondary N) is 1. The lowest BCUT2D eigenvalue weighted by atomic mass is 10.1. The second kappa shape index (κ2) is 6.22. The van der Waals surface area contributed by atoms with Crippen LogP contribution in [-0.4, -0.2) is 15.1 Å². The maximum absolute atomic E-state index is 10.1. The summed E-state index contributed by atoms with van der Waals surface area (Å²) in [4.78, 5) is 11.2. The first kappa shape index (κ1) is 15.7.